The summed E-state index contributed by atoms with van der Waals surface area (Å²) >= 11 is 0. The highest BCUT2D eigenvalue weighted by molar-refractivity contribution is 4.89. The average molecular weight is 182 g/mol. The number of rotatable bonds is 3. The number of likely N-dealkylation sites (tertiary alicyclic amines) is 1. The second-order valence-corrected chi connectivity index (χ2v) is 4.33. The molecule has 1 aliphatic heterocycles. The van der Waals surface area contributed by atoms with Crippen LogP contribution in [-0.2, 0) is 0 Å². The van der Waals surface area contributed by atoms with Crippen molar-refractivity contribution in [2.24, 2.45) is 5.92 Å². The molecule has 0 bridgehead atoms. The Morgan fingerprint density at radius 2 is 2.31 bits per heavy atom. The van der Waals surface area contributed by atoms with E-state index in [1.807, 2.05) is 6.08 Å². The van der Waals surface area contributed by atoms with Crippen LogP contribution in [0.25, 0.3) is 0 Å². The van der Waals surface area contributed by atoms with Crippen LogP contribution in [-0.4, -0.2) is 37.1 Å². The lowest BCUT2D eigenvalue weighted by Gasteiger charge is -2.36. The smallest absolute Gasteiger partial charge is 0.0221 e. The summed E-state index contributed by atoms with van der Waals surface area (Å²) in [6.45, 7) is 10.7. The molecule has 0 amide bonds. The molecule has 1 aliphatic rings. The highest BCUT2D eigenvalue weighted by atomic mass is 15.1. The van der Waals surface area contributed by atoms with Crippen LogP contribution >= 0.6 is 0 Å². The number of hydrogen-bond acceptors (Lipinski definition) is 2. The molecule has 3 unspecified atom stereocenters. The van der Waals surface area contributed by atoms with E-state index in [-0.39, 0.29) is 0 Å². The Bertz CT molecular complexity index is 167. The lowest BCUT2D eigenvalue weighted by molar-refractivity contribution is 0.172. The summed E-state index contributed by atoms with van der Waals surface area (Å²) in [5.74, 6) is 0.751. The van der Waals surface area contributed by atoms with Gasteiger partial charge in [-0.15, -0.1) is 6.58 Å². The standard InChI is InChI=1S/C11H22N2/c1-5-10(3)12-11-6-7-13(4)8-9(11)2/h5,9-12H,1,6-8H2,2-4H3. The van der Waals surface area contributed by atoms with E-state index in [2.05, 4.69) is 37.7 Å². The molecule has 76 valence electrons. The molecular weight excluding hydrogens is 160 g/mol. The van der Waals surface area contributed by atoms with Crippen LogP contribution in [0.4, 0.5) is 0 Å². The maximum Gasteiger partial charge on any atom is 0.0221 e. The molecule has 13 heavy (non-hydrogen) atoms. The van der Waals surface area contributed by atoms with E-state index in [1.165, 1.54) is 19.5 Å². The van der Waals surface area contributed by atoms with Gasteiger partial charge in [0.2, 0.25) is 0 Å². The minimum absolute atomic E-state index is 0.441. The first-order valence-corrected chi connectivity index (χ1v) is 5.20. The molecule has 2 heteroatoms. The molecule has 1 fully saturated rings. The first kappa shape index (κ1) is 10.7. The Morgan fingerprint density at radius 3 is 2.85 bits per heavy atom. The minimum Gasteiger partial charge on any atom is -0.308 e. The number of nitrogens with zero attached hydrogens (tertiary/aromatic N) is 1. The van der Waals surface area contributed by atoms with Gasteiger partial charge >= 0.3 is 0 Å². The Morgan fingerprint density at radius 1 is 1.62 bits per heavy atom. The monoisotopic (exact) mass is 182 g/mol. The van der Waals surface area contributed by atoms with E-state index in [9.17, 15) is 0 Å². The average Bonchev–Trinajstić information content (AvgIpc) is 2.09. The van der Waals surface area contributed by atoms with E-state index < -0.39 is 0 Å². The largest absolute Gasteiger partial charge is 0.308 e. The number of nitrogens with one attached hydrogen (secondary N) is 1. The van der Waals surface area contributed by atoms with Crippen molar-refractivity contribution < 1.29 is 0 Å². The summed E-state index contributed by atoms with van der Waals surface area (Å²) in [5, 5.41) is 3.59. The van der Waals surface area contributed by atoms with Gasteiger partial charge in [0.05, 0.1) is 0 Å². The fourth-order valence-corrected chi connectivity index (χ4v) is 2.01. The SMILES string of the molecule is C=CC(C)NC1CCN(C)CC1C. The minimum atomic E-state index is 0.441. The lowest BCUT2D eigenvalue weighted by atomic mass is 9.93. The van der Waals surface area contributed by atoms with Crippen LogP contribution in [0.5, 0.6) is 0 Å². The van der Waals surface area contributed by atoms with Gasteiger partial charge in [-0.05, 0) is 32.9 Å². The predicted octanol–water partition coefficient (Wildman–Crippen LogP) is 1.49. The molecule has 2 nitrogen and oxygen atoms in total. The van der Waals surface area contributed by atoms with Crippen LogP contribution in [0.15, 0.2) is 12.7 Å². The quantitative estimate of drug-likeness (QED) is 0.665. The van der Waals surface area contributed by atoms with Crippen LogP contribution in [0.2, 0.25) is 0 Å². The normalized spacial score (nSPS) is 32.8. The zero-order valence-electron chi connectivity index (χ0n) is 9.09. The van der Waals surface area contributed by atoms with Gasteiger partial charge in [0, 0.05) is 18.6 Å². The first-order chi connectivity index (χ1) is 6.13. The summed E-state index contributed by atoms with van der Waals surface area (Å²) < 4.78 is 0. The second-order valence-electron chi connectivity index (χ2n) is 4.33. The molecule has 1 heterocycles. The molecule has 3 atom stereocenters. The van der Waals surface area contributed by atoms with Crippen molar-refractivity contribution in [2.75, 3.05) is 20.1 Å². The third-order valence-corrected chi connectivity index (χ3v) is 2.94. The summed E-state index contributed by atoms with van der Waals surface area (Å²) in [6, 6.07) is 1.11. The fourth-order valence-electron chi connectivity index (χ4n) is 2.01. The summed E-state index contributed by atoms with van der Waals surface area (Å²) in [4.78, 5) is 2.40. The number of hydrogen-bond donors (Lipinski definition) is 1. The third kappa shape index (κ3) is 3.12. The molecule has 0 aromatic carbocycles. The molecule has 0 aromatic rings. The zero-order valence-corrected chi connectivity index (χ0v) is 9.09. The molecule has 0 saturated carbocycles. The van der Waals surface area contributed by atoms with E-state index >= 15 is 0 Å². The third-order valence-electron chi connectivity index (χ3n) is 2.94. The van der Waals surface area contributed by atoms with E-state index in [0.717, 1.165) is 5.92 Å². The summed E-state index contributed by atoms with van der Waals surface area (Å²) in [7, 11) is 2.20. The Labute approximate surface area is 82.0 Å². The fraction of sp³-hybridized carbons (Fsp3) is 0.818. The van der Waals surface area contributed by atoms with Gasteiger partial charge in [0.25, 0.3) is 0 Å². The summed E-state index contributed by atoms with van der Waals surface area (Å²) in [6.07, 6.45) is 3.24. The van der Waals surface area contributed by atoms with Crippen molar-refractivity contribution in [3.05, 3.63) is 12.7 Å². The van der Waals surface area contributed by atoms with Crippen LogP contribution in [0, 0.1) is 5.92 Å². The van der Waals surface area contributed by atoms with Crippen molar-refractivity contribution >= 4 is 0 Å². The summed E-state index contributed by atoms with van der Waals surface area (Å²) in [5.41, 5.74) is 0. The van der Waals surface area contributed by atoms with E-state index in [1.54, 1.807) is 0 Å². The van der Waals surface area contributed by atoms with Gasteiger partial charge in [-0.25, -0.2) is 0 Å². The lowest BCUT2D eigenvalue weighted by Crippen LogP contribution is -2.49. The van der Waals surface area contributed by atoms with Crippen LogP contribution in [0.3, 0.4) is 0 Å². The molecule has 0 radical (unpaired) electrons. The highest BCUT2D eigenvalue weighted by Gasteiger charge is 2.24. The van der Waals surface area contributed by atoms with Crippen molar-refractivity contribution in [3.63, 3.8) is 0 Å². The van der Waals surface area contributed by atoms with Gasteiger partial charge in [0.1, 0.15) is 0 Å². The second kappa shape index (κ2) is 4.77. The van der Waals surface area contributed by atoms with Gasteiger partial charge < -0.3 is 10.2 Å². The first-order valence-electron chi connectivity index (χ1n) is 5.20. The van der Waals surface area contributed by atoms with Gasteiger partial charge in [0.15, 0.2) is 0 Å². The van der Waals surface area contributed by atoms with Gasteiger partial charge in [-0.3, -0.25) is 0 Å². The Balaban J connectivity index is 2.37. The van der Waals surface area contributed by atoms with Crippen molar-refractivity contribution in [2.45, 2.75) is 32.4 Å². The number of piperidine rings is 1. The molecule has 1 rings (SSSR count). The molecule has 0 aliphatic carbocycles. The maximum atomic E-state index is 3.79. The molecule has 1 N–H and O–H groups in total. The highest BCUT2D eigenvalue weighted by Crippen LogP contribution is 2.15. The van der Waals surface area contributed by atoms with E-state index in [0.29, 0.717) is 12.1 Å². The maximum absolute atomic E-state index is 3.79. The molecule has 0 spiro atoms. The molecule has 0 aromatic heterocycles. The van der Waals surface area contributed by atoms with Crippen molar-refractivity contribution in [1.82, 2.24) is 10.2 Å². The van der Waals surface area contributed by atoms with Crippen LogP contribution < -0.4 is 5.32 Å². The van der Waals surface area contributed by atoms with Crippen molar-refractivity contribution in [1.29, 1.82) is 0 Å². The van der Waals surface area contributed by atoms with Crippen LogP contribution in [0.1, 0.15) is 20.3 Å². The Hall–Kier alpha value is -0.340. The predicted molar refractivity (Wildman–Crippen MR) is 57.9 cm³/mol. The topological polar surface area (TPSA) is 15.3 Å². The zero-order chi connectivity index (χ0) is 9.84. The Kier molecular flexibility index (Phi) is 3.94. The molecular formula is C11H22N2. The van der Waals surface area contributed by atoms with Crippen molar-refractivity contribution in [3.8, 4) is 0 Å². The molecule has 1 saturated heterocycles. The van der Waals surface area contributed by atoms with E-state index in [4.69, 9.17) is 0 Å². The van der Waals surface area contributed by atoms with Gasteiger partial charge in [-0.1, -0.05) is 13.0 Å². The van der Waals surface area contributed by atoms with Gasteiger partial charge in [-0.2, -0.15) is 0 Å².